The van der Waals surface area contributed by atoms with Gasteiger partial charge in [0.05, 0.1) is 18.6 Å². The number of nitrogens with zero attached hydrogens (tertiary/aromatic N) is 3. The van der Waals surface area contributed by atoms with Gasteiger partial charge in [0.2, 0.25) is 5.91 Å². The molecule has 4 aromatic rings. The van der Waals surface area contributed by atoms with E-state index in [1.165, 1.54) is 5.56 Å². The van der Waals surface area contributed by atoms with Crippen molar-refractivity contribution in [2.24, 2.45) is 0 Å². The zero-order chi connectivity index (χ0) is 29.6. The Morgan fingerprint density at radius 1 is 0.884 bits per heavy atom. The number of carbonyl (C=O) groups excluding carboxylic acids is 2. The van der Waals surface area contributed by atoms with Crippen molar-refractivity contribution in [2.75, 3.05) is 59.5 Å². The summed E-state index contributed by atoms with van der Waals surface area (Å²) in [6.45, 7) is 7.50. The molecule has 8 nitrogen and oxygen atoms in total. The van der Waals surface area contributed by atoms with Crippen LogP contribution < -0.4 is 5.32 Å². The standard InChI is InChI=1S/C35H41N5O3/c1-43-23-22-40-33(30-24-37-31-15-8-7-12-27(30)31)32(28-13-5-6-14-29(28)35(40)42)34(41)36-16-9-17-38-18-20-39(21-19-38)25-26-10-3-2-4-11-26/h2-8,10-15,24,32-33,37H,9,16-23,25H2,1H3,(H,36,41)/t32-,33-/m1/s1. The Morgan fingerprint density at radius 3 is 2.42 bits per heavy atom. The molecule has 8 heteroatoms. The minimum atomic E-state index is -0.536. The second kappa shape index (κ2) is 13.5. The zero-order valence-electron chi connectivity index (χ0n) is 24.9. The molecule has 0 bridgehead atoms. The van der Waals surface area contributed by atoms with Crippen molar-refractivity contribution in [1.82, 2.24) is 25.0 Å². The molecular formula is C35H41N5O3. The van der Waals surface area contributed by atoms with Crippen LogP contribution in [0.1, 0.15) is 45.4 Å². The molecule has 0 aliphatic carbocycles. The highest BCUT2D eigenvalue weighted by Crippen LogP contribution is 2.44. The summed E-state index contributed by atoms with van der Waals surface area (Å²) in [6.07, 6.45) is 2.83. The van der Waals surface area contributed by atoms with E-state index in [4.69, 9.17) is 4.74 Å². The summed E-state index contributed by atoms with van der Waals surface area (Å²) < 4.78 is 5.39. The maximum Gasteiger partial charge on any atom is 0.254 e. The summed E-state index contributed by atoms with van der Waals surface area (Å²) in [5, 5.41) is 4.27. The summed E-state index contributed by atoms with van der Waals surface area (Å²) >= 11 is 0. The van der Waals surface area contributed by atoms with E-state index in [-0.39, 0.29) is 11.8 Å². The highest BCUT2D eigenvalue weighted by Gasteiger charge is 2.44. The molecule has 43 heavy (non-hydrogen) atoms. The average molecular weight is 580 g/mol. The molecule has 0 spiro atoms. The minimum absolute atomic E-state index is 0.0506. The first-order valence-electron chi connectivity index (χ1n) is 15.3. The van der Waals surface area contributed by atoms with Gasteiger partial charge >= 0.3 is 0 Å². The Kier molecular flexibility index (Phi) is 9.17. The molecule has 2 amide bonds. The molecule has 2 atom stereocenters. The third-order valence-electron chi connectivity index (χ3n) is 8.86. The second-order valence-electron chi connectivity index (χ2n) is 11.5. The van der Waals surface area contributed by atoms with Crippen LogP contribution in [0.4, 0.5) is 0 Å². The van der Waals surface area contributed by atoms with Crippen LogP contribution in [0.15, 0.2) is 85.1 Å². The van der Waals surface area contributed by atoms with E-state index in [9.17, 15) is 9.59 Å². The van der Waals surface area contributed by atoms with Crippen LogP contribution in [-0.2, 0) is 16.1 Å². The number of aromatic amines is 1. The average Bonchev–Trinajstić information content (AvgIpc) is 3.47. The summed E-state index contributed by atoms with van der Waals surface area (Å²) in [4.78, 5) is 38.1. The molecule has 224 valence electrons. The first-order valence-corrected chi connectivity index (χ1v) is 15.3. The lowest BCUT2D eigenvalue weighted by molar-refractivity contribution is -0.124. The van der Waals surface area contributed by atoms with Gasteiger partial charge in [0, 0.05) is 81.1 Å². The fraction of sp³-hybridized carbons (Fsp3) is 0.371. The number of para-hydroxylation sites is 1. The zero-order valence-corrected chi connectivity index (χ0v) is 24.9. The molecule has 1 aromatic heterocycles. The molecule has 2 N–H and O–H groups in total. The van der Waals surface area contributed by atoms with Gasteiger partial charge in [-0.15, -0.1) is 0 Å². The largest absolute Gasteiger partial charge is 0.383 e. The van der Waals surface area contributed by atoms with E-state index in [0.717, 1.165) is 67.7 Å². The first-order chi connectivity index (χ1) is 21.1. The Labute approximate surface area is 253 Å². The van der Waals surface area contributed by atoms with Crippen LogP contribution in [0.5, 0.6) is 0 Å². The third-order valence-corrected chi connectivity index (χ3v) is 8.86. The molecule has 0 radical (unpaired) electrons. The number of ether oxygens (including phenoxy) is 1. The number of methoxy groups -OCH3 is 1. The van der Waals surface area contributed by atoms with Crippen molar-refractivity contribution >= 4 is 22.7 Å². The van der Waals surface area contributed by atoms with Crippen LogP contribution in [0.2, 0.25) is 0 Å². The van der Waals surface area contributed by atoms with Gasteiger partial charge in [-0.05, 0) is 36.2 Å². The molecule has 1 saturated heterocycles. The maximum absolute atomic E-state index is 14.1. The number of nitrogens with one attached hydrogen (secondary N) is 2. The van der Waals surface area contributed by atoms with E-state index < -0.39 is 12.0 Å². The lowest BCUT2D eigenvalue weighted by Gasteiger charge is -2.41. The van der Waals surface area contributed by atoms with Gasteiger partial charge in [-0.2, -0.15) is 0 Å². The quantitative estimate of drug-likeness (QED) is 0.257. The van der Waals surface area contributed by atoms with Gasteiger partial charge in [0.1, 0.15) is 0 Å². The maximum atomic E-state index is 14.1. The first kappa shape index (κ1) is 29.1. The van der Waals surface area contributed by atoms with Gasteiger partial charge in [-0.25, -0.2) is 0 Å². The fourth-order valence-corrected chi connectivity index (χ4v) is 6.63. The molecule has 0 unspecified atom stereocenters. The van der Waals surface area contributed by atoms with Crippen molar-refractivity contribution in [1.29, 1.82) is 0 Å². The van der Waals surface area contributed by atoms with Gasteiger partial charge in [-0.3, -0.25) is 14.5 Å². The SMILES string of the molecule is COCCN1C(=O)c2ccccc2[C@@H](C(=O)NCCCN2CCN(Cc3ccccc3)CC2)[C@H]1c1c[nH]c2ccccc12. The lowest BCUT2D eigenvalue weighted by atomic mass is 9.79. The number of fused-ring (bicyclic) bond motifs is 2. The normalized spacial score (nSPS) is 19.5. The Hall–Kier alpha value is -3.98. The van der Waals surface area contributed by atoms with Crippen LogP contribution in [0.3, 0.4) is 0 Å². The van der Waals surface area contributed by atoms with Crippen LogP contribution in [0.25, 0.3) is 10.9 Å². The highest BCUT2D eigenvalue weighted by atomic mass is 16.5. The number of hydrogen-bond acceptors (Lipinski definition) is 5. The predicted octanol–water partition coefficient (Wildman–Crippen LogP) is 4.42. The van der Waals surface area contributed by atoms with Gasteiger partial charge in [-0.1, -0.05) is 66.7 Å². The van der Waals surface area contributed by atoms with Crippen LogP contribution in [0, 0.1) is 0 Å². The number of piperazine rings is 1. The molecule has 0 saturated carbocycles. The number of carbonyl (C=O) groups is 2. The fourth-order valence-electron chi connectivity index (χ4n) is 6.63. The molecular weight excluding hydrogens is 538 g/mol. The van der Waals surface area contributed by atoms with Crippen molar-refractivity contribution in [3.05, 3.63) is 107 Å². The summed E-state index contributed by atoms with van der Waals surface area (Å²) in [7, 11) is 1.64. The monoisotopic (exact) mass is 579 g/mol. The molecule has 2 aliphatic rings. The summed E-state index contributed by atoms with van der Waals surface area (Å²) in [5.41, 5.74) is 4.66. The smallest absolute Gasteiger partial charge is 0.254 e. The molecule has 3 aromatic carbocycles. The number of aromatic nitrogens is 1. The highest BCUT2D eigenvalue weighted by molar-refractivity contribution is 6.02. The number of amides is 2. The van der Waals surface area contributed by atoms with Crippen LogP contribution in [-0.4, -0.2) is 91.0 Å². The minimum Gasteiger partial charge on any atom is -0.383 e. The van der Waals surface area contributed by atoms with Gasteiger partial charge in [0.25, 0.3) is 5.91 Å². The van der Waals surface area contributed by atoms with Gasteiger partial charge in [0.15, 0.2) is 0 Å². The third kappa shape index (κ3) is 6.37. The van der Waals surface area contributed by atoms with E-state index >= 15 is 0 Å². The lowest BCUT2D eigenvalue weighted by Crippen LogP contribution is -2.49. The second-order valence-corrected chi connectivity index (χ2v) is 11.5. The van der Waals surface area contributed by atoms with E-state index in [1.54, 1.807) is 7.11 Å². The summed E-state index contributed by atoms with van der Waals surface area (Å²) in [6, 6.07) is 25.8. The molecule has 3 heterocycles. The topological polar surface area (TPSA) is 80.9 Å². The van der Waals surface area contributed by atoms with E-state index in [2.05, 4.69) is 56.5 Å². The van der Waals surface area contributed by atoms with Crippen LogP contribution >= 0.6 is 0 Å². The molecule has 1 fully saturated rings. The van der Waals surface area contributed by atoms with E-state index in [0.29, 0.717) is 25.3 Å². The summed E-state index contributed by atoms with van der Waals surface area (Å²) in [5.74, 6) is -0.657. The predicted molar refractivity (Wildman–Crippen MR) is 169 cm³/mol. The Morgan fingerprint density at radius 2 is 1.60 bits per heavy atom. The van der Waals surface area contributed by atoms with Crippen molar-refractivity contribution in [2.45, 2.75) is 24.9 Å². The number of H-pyrrole nitrogens is 1. The number of hydrogen-bond donors (Lipinski definition) is 2. The number of rotatable bonds is 11. The Bertz CT molecular complexity index is 1530. The Balaban J connectivity index is 1.14. The number of benzene rings is 3. The van der Waals surface area contributed by atoms with Crippen molar-refractivity contribution in [3.8, 4) is 0 Å². The molecule has 2 aliphatic heterocycles. The van der Waals surface area contributed by atoms with Gasteiger partial charge < -0.3 is 24.8 Å². The molecule has 6 rings (SSSR count). The van der Waals surface area contributed by atoms with E-state index in [1.807, 2.05) is 53.6 Å². The van der Waals surface area contributed by atoms with Crippen molar-refractivity contribution < 1.29 is 14.3 Å². The van der Waals surface area contributed by atoms with Crippen molar-refractivity contribution in [3.63, 3.8) is 0 Å².